The molecule has 3 N–H and O–H groups in total. The predicted octanol–water partition coefficient (Wildman–Crippen LogP) is 17.5. The Morgan fingerprint density at radius 1 is 0.453 bits per heavy atom. The number of aliphatic hydroxyl groups is 2. The van der Waals surface area contributed by atoms with Gasteiger partial charge in [0, 0.05) is 6.42 Å². The smallest absolute Gasteiger partial charge is 0.306 e. The molecule has 0 aliphatic heterocycles. The van der Waals surface area contributed by atoms with Crippen LogP contribution in [-0.2, 0) is 14.3 Å². The van der Waals surface area contributed by atoms with Crippen molar-refractivity contribution in [3.63, 3.8) is 0 Å². The van der Waals surface area contributed by atoms with Crippen LogP contribution in [0, 0.1) is 0 Å². The molecule has 0 saturated heterocycles. The molecule has 0 aromatic heterocycles. The zero-order valence-electron chi connectivity index (χ0n) is 43.2. The molecule has 3 atom stereocenters. The lowest BCUT2D eigenvalue weighted by Crippen LogP contribution is -2.46. The second kappa shape index (κ2) is 52.3. The first-order chi connectivity index (χ1) is 31.5. The molecule has 0 rings (SSSR count). The van der Waals surface area contributed by atoms with E-state index >= 15 is 0 Å². The molecule has 6 nitrogen and oxygen atoms in total. The third-order valence-corrected chi connectivity index (χ3v) is 13.3. The third-order valence-electron chi connectivity index (χ3n) is 13.3. The summed E-state index contributed by atoms with van der Waals surface area (Å²) in [7, 11) is 0. The van der Waals surface area contributed by atoms with E-state index in [1.807, 2.05) is 0 Å². The van der Waals surface area contributed by atoms with Gasteiger partial charge < -0.3 is 20.3 Å². The largest absolute Gasteiger partial charge is 0.462 e. The summed E-state index contributed by atoms with van der Waals surface area (Å²) < 4.78 is 5.96. The zero-order valence-corrected chi connectivity index (χ0v) is 43.2. The van der Waals surface area contributed by atoms with Crippen LogP contribution in [0.25, 0.3) is 0 Å². The fourth-order valence-corrected chi connectivity index (χ4v) is 8.95. The summed E-state index contributed by atoms with van der Waals surface area (Å²) in [5, 5.41) is 23.9. The van der Waals surface area contributed by atoms with Gasteiger partial charge in [0.25, 0.3) is 0 Å². The summed E-state index contributed by atoms with van der Waals surface area (Å²) in [5.74, 6) is -0.468. The van der Waals surface area contributed by atoms with E-state index in [9.17, 15) is 19.8 Å². The van der Waals surface area contributed by atoms with Crippen molar-refractivity contribution in [3.8, 4) is 0 Å². The summed E-state index contributed by atoms with van der Waals surface area (Å²) in [6, 6.07) is -0.699. The van der Waals surface area contributed by atoms with Gasteiger partial charge in [-0.2, -0.15) is 0 Å². The average Bonchev–Trinajstić information content (AvgIpc) is 3.29. The molecule has 378 valence electrons. The quantitative estimate of drug-likeness (QED) is 0.0321. The number of ether oxygens (including phenoxy) is 1. The van der Waals surface area contributed by atoms with Crippen LogP contribution in [0.1, 0.15) is 310 Å². The molecular formula is C58H111NO5. The highest BCUT2D eigenvalue weighted by Crippen LogP contribution is 2.19. The maximum absolute atomic E-state index is 13.3. The van der Waals surface area contributed by atoms with E-state index in [-0.39, 0.29) is 24.9 Å². The van der Waals surface area contributed by atoms with Crippen molar-refractivity contribution in [2.75, 3.05) is 6.61 Å². The van der Waals surface area contributed by atoms with E-state index in [0.29, 0.717) is 19.3 Å². The van der Waals surface area contributed by atoms with Gasteiger partial charge in [-0.25, -0.2) is 0 Å². The van der Waals surface area contributed by atoms with Gasteiger partial charge in [0.05, 0.1) is 25.2 Å². The molecule has 64 heavy (non-hydrogen) atoms. The van der Waals surface area contributed by atoms with Gasteiger partial charge in [-0.15, -0.1) is 0 Å². The highest BCUT2D eigenvalue weighted by molar-refractivity contribution is 5.77. The number of esters is 1. The molecule has 0 aliphatic carbocycles. The molecular weight excluding hydrogens is 791 g/mol. The van der Waals surface area contributed by atoms with Gasteiger partial charge in [-0.3, -0.25) is 9.59 Å². The number of hydrogen-bond acceptors (Lipinski definition) is 5. The molecule has 0 spiro atoms. The number of amides is 1. The van der Waals surface area contributed by atoms with Crippen molar-refractivity contribution >= 4 is 11.9 Å². The predicted molar refractivity (Wildman–Crippen MR) is 278 cm³/mol. The fraction of sp³-hybridized carbons (Fsp3) is 0.897. The standard InChI is InChI=1S/C58H111NO5/c1-4-7-10-13-16-19-22-25-28-30-31-34-37-40-43-46-49-54(64-58(63)51-48-45-42-39-36-33-29-26-23-20-17-14-11-8-5-2)52-57(62)59-55(53-60)56(61)50-47-44-41-38-35-32-27-24-21-18-15-12-9-6-3/h17,20,23,26,54-56,60-61H,4-16,18-19,21-22,24-25,27-53H2,1-3H3,(H,59,62)/b20-17+,26-23+. The van der Waals surface area contributed by atoms with Crippen molar-refractivity contribution in [1.82, 2.24) is 5.32 Å². The Bertz CT molecular complexity index is 1010. The molecule has 3 unspecified atom stereocenters. The van der Waals surface area contributed by atoms with Gasteiger partial charge in [-0.1, -0.05) is 270 Å². The Balaban J connectivity index is 4.54. The molecule has 6 heteroatoms. The number of allylic oxidation sites excluding steroid dienone is 4. The van der Waals surface area contributed by atoms with Crippen LogP contribution in [0.3, 0.4) is 0 Å². The van der Waals surface area contributed by atoms with Crippen molar-refractivity contribution < 1.29 is 24.5 Å². The minimum Gasteiger partial charge on any atom is -0.462 e. The Kier molecular flexibility index (Phi) is 51.0. The highest BCUT2D eigenvalue weighted by Gasteiger charge is 2.24. The van der Waals surface area contributed by atoms with Crippen molar-refractivity contribution in [3.05, 3.63) is 24.3 Å². The van der Waals surface area contributed by atoms with Crippen LogP contribution >= 0.6 is 0 Å². The lowest BCUT2D eigenvalue weighted by molar-refractivity contribution is -0.151. The molecule has 0 aromatic carbocycles. The molecule has 1 amide bonds. The number of hydrogen-bond donors (Lipinski definition) is 3. The highest BCUT2D eigenvalue weighted by atomic mass is 16.5. The van der Waals surface area contributed by atoms with Gasteiger partial charge in [0.15, 0.2) is 0 Å². The van der Waals surface area contributed by atoms with E-state index < -0.39 is 18.2 Å². The van der Waals surface area contributed by atoms with Gasteiger partial charge in [-0.05, 0) is 51.4 Å². The second-order valence-corrected chi connectivity index (χ2v) is 19.7. The first-order valence-electron chi connectivity index (χ1n) is 28.6. The molecule has 0 aromatic rings. The fourth-order valence-electron chi connectivity index (χ4n) is 8.95. The van der Waals surface area contributed by atoms with Gasteiger partial charge in [0.2, 0.25) is 5.91 Å². The first kappa shape index (κ1) is 62.3. The topological polar surface area (TPSA) is 95.9 Å². The normalized spacial score (nSPS) is 13.3. The van der Waals surface area contributed by atoms with Crippen molar-refractivity contribution in [1.29, 1.82) is 0 Å². The van der Waals surface area contributed by atoms with Crippen LogP contribution in [0.4, 0.5) is 0 Å². The van der Waals surface area contributed by atoms with E-state index in [2.05, 4.69) is 50.4 Å². The number of unbranched alkanes of at least 4 members (excludes halogenated alkanes) is 37. The maximum Gasteiger partial charge on any atom is 0.306 e. The van der Waals surface area contributed by atoms with Crippen LogP contribution in [0.2, 0.25) is 0 Å². The minimum absolute atomic E-state index is 0.0790. The molecule has 0 fully saturated rings. The zero-order chi connectivity index (χ0) is 46.7. The Morgan fingerprint density at radius 3 is 1.19 bits per heavy atom. The Labute approximate surface area is 399 Å². The minimum atomic E-state index is -0.786. The average molecular weight is 903 g/mol. The number of carbonyl (C=O) groups is 2. The van der Waals surface area contributed by atoms with Crippen molar-refractivity contribution in [2.24, 2.45) is 0 Å². The third kappa shape index (κ3) is 46.9. The van der Waals surface area contributed by atoms with Crippen LogP contribution in [-0.4, -0.2) is 46.9 Å². The molecule has 0 radical (unpaired) electrons. The molecule has 0 aliphatic rings. The monoisotopic (exact) mass is 902 g/mol. The lowest BCUT2D eigenvalue weighted by Gasteiger charge is -2.24. The van der Waals surface area contributed by atoms with Crippen LogP contribution in [0.5, 0.6) is 0 Å². The Morgan fingerprint density at radius 2 is 0.781 bits per heavy atom. The van der Waals surface area contributed by atoms with E-state index in [0.717, 1.165) is 51.4 Å². The molecule has 0 saturated carbocycles. The summed E-state index contributed by atoms with van der Waals surface area (Å²) in [6.45, 7) is 6.49. The Hall–Kier alpha value is -1.66. The van der Waals surface area contributed by atoms with E-state index in [1.54, 1.807) is 0 Å². The second-order valence-electron chi connectivity index (χ2n) is 19.7. The van der Waals surface area contributed by atoms with Crippen molar-refractivity contribution in [2.45, 2.75) is 328 Å². The number of aliphatic hydroxyl groups excluding tert-OH is 2. The maximum atomic E-state index is 13.3. The first-order valence-corrected chi connectivity index (χ1v) is 28.6. The number of rotatable bonds is 52. The summed E-state index contributed by atoms with van der Waals surface area (Å²) in [5.41, 5.74) is 0. The van der Waals surface area contributed by atoms with Gasteiger partial charge >= 0.3 is 5.97 Å². The summed E-state index contributed by atoms with van der Waals surface area (Å²) >= 11 is 0. The van der Waals surface area contributed by atoms with E-state index in [1.165, 1.54) is 212 Å². The SMILES string of the molecule is CCCCC/C=C/C=C/CCCCCCCCC(=O)OC(CCCCCCCCCCCCCCCCCC)CC(=O)NC(CO)C(O)CCCCCCCCCCCCCCCC. The van der Waals surface area contributed by atoms with Crippen LogP contribution in [0.15, 0.2) is 24.3 Å². The summed E-state index contributed by atoms with van der Waals surface area (Å²) in [6.07, 6.45) is 60.9. The number of carbonyl (C=O) groups excluding carboxylic acids is 2. The molecule has 0 heterocycles. The van der Waals surface area contributed by atoms with Gasteiger partial charge in [0.1, 0.15) is 6.10 Å². The van der Waals surface area contributed by atoms with Crippen LogP contribution < -0.4 is 5.32 Å². The number of nitrogens with one attached hydrogen (secondary N) is 1. The van der Waals surface area contributed by atoms with E-state index in [4.69, 9.17) is 4.74 Å². The lowest BCUT2D eigenvalue weighted by atomic mass is 10.0. The summed E-state index contributed by atoms with van der Waals surface area (Å²) in [4.78, 5) is 26.2. The molecule has 0 bridgehead atoms.